The van der Waals surface area contributed by atoms with Gasteiger partial charge in [-0.2, -0.15) is 0 Å². The van der Waals surface area contributed by atoms with E-state index in [9.17, 15) is 4.79 Å². The molecule has 104 valence electrons. The van der Waals surface area contributed by atoms with Crippen molar-refractivity contribution < 1.29 is 4.79 Å². The van der Waals surface area contributed by atoms with Crippen LogP contribution in [0.1, 0.15) is 35.3 Å². The van der Waals surface area contributed by atoms with Gasteiger partial charge in [0.05, 0.1) is 4.99 Å². The summed E-state index contributed by atoms with van der Waals surface area (Å²) < 4.78 is 0. The van der Waals surface area contributed by atoms with Crippen LogP contribution in [0.15, 0.2) is 18.2 Å². The second kappa shape index (κ2) is 6.66. The molecule has 2 N–H and O–H groups in total. The van der Waals surface area contributed by atoms with E-state index < -0.39 is 0 Å². The van der Waals surface area contributed by atoms with Crippen molar-refractivity contribution in [2.75, 3.05) is 13.1 Å². The van der Waals surface area contributed by atoms with Crippen molar-refractivity contribution in [2.24, 2.45) is 11.7 Å². The Morgan fingerprint density at radius 3 is 2.32 bits per heavy atom. The number of benzene rings is 1. The Kier molecular flexibility index (Phi) is 5.48. The van der Waals surface area contributed by atoms with Crippen LogP contribution in [-0.2, 0) is 0 Å². The number of carbonyl (C=O) groups excluding carboxylic acids is 1. The summed E-state index contributed by atoms with van der Waals surface area (Å²) in [6.07, 6.45) is 0. The number of nitrogens with zero attached hydrogens (tertiary/aromatic N) is 1. The Labute approximate surface area is 120 Å². The predicted molar refractivity (Wildman–Crippen MR) is 83.4 cm³/mol. The van der Waals surface area contributed by atoms with Crippen LogP contribution in [0.25, 0.3) is 0 Å². The minimum absolute atomic E-state index is 0.0308. The molecular weight excluding hydrogens is 256 g/mol. The number of aryl methyl sites for hydroxylation is 2. The Bertz CT molecular complexity index is 465. The first-order chi connectivity index (χ1) is 8.88. The first-order valence-corrected chi connectivity index (χ1v) is 6.94. The van der Waals surface area contributed by atoms with E-state index in [1.54, 1.807) is 4.90 Å². The molecule has 0 fully saturated rings. The number of hydrogen-bond donors (Lipinski definition) is 1. The monoisotopic (exact) mass is 278 g/mol. The molecule has 0 radical (unpaired) electrons. The third-order valence-electron chi connectivity index (χ3n) is 3.34. The molecule has 1 atom stereocenters. The molecule has 1 aromatic carbocycles. The van der Waals surface area contributed by atoms with Crippen molar-refractivity contribution in [3.05, 3.63) is 34.9 Å². The number of thiocarbonyl (C=S) groups is 1. The van der Waals surface area contributed by atoms with Crippen LogP contribution in [-0.4, -0.2) is 28.9 Å². The number of rotatable bonds is 5. The predicted octanol–water partition coefficient (Wildman–Crippen LogP) is 2.69. The third-order valence-corrected chi connectivity index (χ3v) is 3.75. The number of amides is 1. The quantitative estimate of drug-likeness (QED) is 0.842. The van der Waals surface area contributed by atoms with Gasteiger partial charge in [0, 0.05) is 24.6 Å². The molecule has 4 heteroatoms. The highest BCUT2D eigenvalue weighted by Gasteiger charge is 2.20. The average Bonchev–Trinajstić information content (AvgIpc) is 2.34. The summed E-state index contributed by atoms with van der Waals surface area (Å²) in [5.41, 5.74) is 8.43. The lowest BCUT2D eigenvalue weighted by molar-refractivity contribution is 0.0753. The van der Waals surface area contributed by atoms with Crippen LogP contribution in [0.2, 0.25) is 0 Å². The van der Waals surface area contributed by atoms with Gasteiger partial charge in [0.2, 0.25) is 0 Å². The van der Waals surface area contributed by atoms with Crippen LogP contribution >= 0.6 is 12.2 Å². The van der Waals surface area contributed by atoms with Crippen LogP contribution in [0.4, 0.5) is 0 Å². The minimum Gasteiger partial charge on any atom is -0.393 e. The van der Waals surface area contributed by atoms with Gasteiger partial charge in [0.1, 0.15) is 0 Å². The Hall–Kier alpha value is -1.42. The van der Waals surface area contributed by atoms with Gasteiger partial charge in [-0.15, -0.1) is 0 Å². The summed E-state index contributed by atoms with van der Waals surface area (Å²) >= 11 is 4.98. The first kappa shape index (κ1) is 15.6. The normalized spacial score (nSPS) is 12.0. The Morgan fingerprint density at radius 2 is 1.89 bits per heavy atom. The SMILES string of the molecule is CCN(CC(C)C(N)=S)C(=O)c1c(C)cccc1C. The van der Waals surface area contributed by atoms with Gasteiger partial charge in [0.25, 0.3) is 5.91 Å². The Morgan fingerprint density at radius 1 is 1.37 bits per heavy atom. The van der Waals surface area contributed by atoms with E-state index in [0.717, 1.165) is 16.7 Å². The molecule has 0 saturated heterocycles. The van der Waals surface area contributed by atoms with Gasteiger partial charge in [0.15, 0.2) is 0 Å². The van der Waals surface area contributed by atoms with E-state index in [0.29, 0.717) is 18.1 Å². The highest BCUT2D eigenvalue weighted by atomic mass is 32.1. The highest BCUT2D eigenvalue weighted by molar-refractivity contribution is 7.80. The molecule has 3 nitrogen and oxygen atoms in total. The van der Waals surface area contributed by atoms with Gasteiger partial charge in [-0.3, -0.25) is 4.79 Å². The van der Waals surface area contributed by atoms with E-state index in [1.165, 1.54) is 0 Å². The standard InChI is InChI=1S/C15H22N2OS/c1-5-17(9-12(4)14(16)19)15(18)13-10(2)7-6-8-11(13)3/h6-8,12H,5,9H2,1-4H3,(H2,16,19). The molecule has 0 aliphatic heterocycles. The molecule has 0 aliphatic carbocycles. The fraction of sp³-hybridized carbons (Fsp3) is 0.467. The second-order valence-electron chi connectivity index (χ2n) is 4.91. The summed E-state index contributed by atoms with van der Waals surface area (Å²) in [6.45, 7) is 9.06. The van der Waals surface area contributed by atoms with Crippen molar-refractivity contribution >= 4 is 23.1 Å². The molecule has 0 bridgehead atoms. The van der Waals surface area contributed by atoms with Gasteiger partial charge in [-0.05, 0) is 31.9 Å². The highest BCUT2D eigenvalue weighted by Crippen LogP contribution is 2.16. The molecule has 1 rings (SSSR count). The van der Waals surface area contributed by atoms with Gasteiger partial charge in [-0.1, -0.05) is 37.3 Å². The van der Waals surface area contributed by atoms with Crippen molar-refractivity contribution in [2.45, 2.75) is 27.7 Å². The smallest absolute Gasteiger partial charge is 0.254 e. The largest absolute Gasteiger partial charge is 0.393 e. The van der Waals surface area contributed by atoms with Gasteiger partial charge in [-0.25, -0.2) is 0 Å². The van der Waals surface area contributed by atoms with Gasteiger partial charge < -0.3 is 10.6 Å². The summed E-state index contributed by atoms with van der Waals surface area (Å²) in [7, 11) is 0. The molecular formula is C15H22N2OS. The maximum Gasteiger partial charge on any atom is 0.254 e. The third kappa shape index (κ3) is 3.77. The molecule has 0 spiro atoms. The molecule has 1 amide bonds. The topological polar surface area (TPSA) is 46.3 Å². The van der Waals surface area contributed by atoms with Crippen molar-refractivity contribution in [3.8, 4) is 0 Å². The zero-order chi connectivity index (χ0) is 14.6. The molecule has 1 aromatic rings. The van der Waals surface area contributed by atoms with E-state index in [2.05, 4.69) is 0 Å². The Balaban J connectivity index is 2.99. The molecule has 0 saturated carbocycles. The van der Waals surface area contributed by atoms with E-state index >= 15 is 0 Å². The summed E-state index contributed by atoms with van der Waals surface area (Å²) in [5, 5.41) is 0. The molecule has 0 heterocycles. The van der Waals surface area contributed by atoms with Crippen LogP contribution in [0.5, 0.6) is 0 Å². The van der Waals surface area contributed by atoms with Crippen molar-refractivity contribution in [3.63, 3.8) is 0 Å². The van der Waals surface area contributed by atoms with Gasteiger partial charge >= 0.3 is 0 Å². The van der Waals surface area contributed by atoms with Crippen LogP contribution in [0.3, 0.4) is 0 Å². The maximum absolute atomic E-state index is 12.6. The summed E-state index contributed by atoms with van der Waals surface area (Å²) in [4.78, 5) is 14.9. The second-order valence-corrected chi connectivity index (χ2v) is 5.39. The molecule has 19 heavy (non-hydrogen) atoms. The molecule has 0 aliphatic rings. The minimum atomic E-state index is 0.0308. The lowest BCUT2D eigenvalue weighted by Crippen LogP contribution is -2.38. The zero-order valence-electron chi connectivity index (χ0n) is 12.1. The fourth-order valence-corrected chi connectivity index (χ4v) is 2.16. The number of hydrogen-bond acceptors (Lipinski definition) is 2. The van der Waals surface area contributed by atoms with Crippen LogP contribution in [0, 0.1) is 19.8 Å². The lowest BCUT2D eigenvalue weighted by Gasteiger charge is -2.25. The number of carbonyl (C=O) groups is 1. The summed E-state index contributed by atoms with van der Waals surface area (Å²) in [5.74, 6) is 0.0874. The average molecular weight is 278 g/mol. The van der Waals surface area contributed by atoms with E-state index in [-0.39, 0.29) is 11.8 Å². The van der Waals surface area contributed by atoms with Crippen LogP contribution < -0.4 is 5.73 Å². The number of nitrogens with two attached hydrogens (primary N) is 1. The molecule has 1 unspecified atom stereocenters. The van der Waals surface area contributed by atoms with E-state index in [4.69, 9.17) is 18.0 Å². The first-order valence-electron chi connectivity index (χ1n) is 6.53. The summed E-state index contributed by atoms with van der Waals surface area (Å²) in [6, 6.07) is 5.89. The van der Waals surface area contributed by atoms with Crippen molar-refractivity contribution in [1.29, 1.82) is 0 Å². The maximum atomic E-state index is 12.6. The zero-order valence-corrected chi connectivity index (χ0v) is 12.9. The van der Waals surface area contributed by atoms with E-state index in [1.807, 2.05) is 45.9 Å². The van der Waals surface area contributed by atoms with Crippen molar-refractivity contribution in [1.82, 2.24) is 4.90 Å². The molecule has 0 aromatic heterocycles. The lowest BCUT2D eigenvalue weighted by atomic mass is 10.0. The fourth-order valence-electron chi connectivity index (χ4n) is 2.09.